The third-order valence-corrected chi connectivity index (χ3v) is 2.57. The van der Waals surface area contributed by atoms with Crippen LogP contribution in [0.25, 0.3) is 0 Å². The predicted molar refractivity (Wildman–Crippen MR) is 63.6 cm³/mol. The molecule has 0 aliphatic heterocycles. The van der Waals surface area contributed by atoms with Crippen molar-refractivity contribution >= 4 is 5.91 Å². The van der Waals surface area contributed by atoms with E-state index in [0.717, 1.165) is 11.3 Å². The topological polar surface area (TPSA) is 68.0 Å². The monoisotopic (exact) mass is 221 g/mol. The van der Waals surface area contributed by atoms with Gasteiger partial charge in [-0.3, -0.25) is 9.78 Å². The van der Waals surface area contributed by atoms with Gasteiger partial charge in [-0.1, -0.05) is 19.9 Å². The number of pyridine rings is 1. The van der Waals surface area contributed by atoms with Gasteiger partial charge in [-0.15, -0.1) is 0 Å². The molecule has 1 aromatic heterocycles. The summed E-state index contributed by atoms with van der Waals surface area (Å²) >= 11 is 0. The molecule has 0 spiro atoms. The van der Waals surface area contributed by atoms with Crippen molar-refractivity contribution in [2.75, 3.05) is 0 Å². The van der Waals surface area contributed by atoms with Crippen molar-refractivity contribution in [2.45, 2.75) is 33.4 Å². The van der Waals surface area contributed by atoms with Gasteiger partial charge in [-0.05, 0) is 24.5 Å². The van der Waals surface area contributed by atoms with Crippen molar-refractivity contribution in [3.05, 3.63) is 29.6 Å². The first-order chi connectivity index (χ1) is 7.52. The molecule has 0 bridgehead atoms. The number of nitrogens with zero attached hydrogens (tertiary/aromatic N) is 1. The van der Waals surface area contributed by atoms with Crippen LogP contribution in [-0.2, 0) is 11.3 Å². The van der Waals surface area contributed by atoms with E-state index in [9.17, 15) is 4.79 Å². The molecule has 0 saturated heterocycles. The van der Waals surface area contributed by atoms with E-state index in [1.807, 2.05) is 32.9 Å². The second kappa shape index (κ2) is 5.61. The number of carbonyl (C=O) groups is 1. The molecule has 1 rings (SSSR count). The number of rotatable bonds is 4. The molecule has 3 N–H and O–H groups in total. The molecule has 0 radical (unpaired) electrons. The highest BCUT2D eigenvalue weighted by Gasteiger charge is 2.16. The SMILES string of the molecule is Cc1cccnc1CNC(=O)[C@@H](N)C(C)C. The largest absolute Gasteiger partial charge is 0.349 e. The maximum absolute atomic E-state index is 11.6. The van der Waals surface area contributed by atoms with Crippen molar-refractivity contribution in [1.82, 2.24) is 10.3 Å². The van der Waals surface area contributed by atoms with E-state index in [4.69, 9.17) is 5.73 Å². The zero-order valence-corrected chi connectivity index (χ0v) is 10.0. The van der Waals surface area contributed by atoms with E-state index in [-0.39, 0.29) is 11.8 Å². The molecule has 16 heavy (non-hydrogen) atoms. The van der Waals surface area contributed by atoms with Crippen LogP contribution < -0.4 is 11.1 Å². The normalized spacial score (nSPS) is 12.6. The zero-order chi connectivity index (χ0) is 12.1. The quantitative estimate of drug-likeness (QED) is 0.796. The van der Waals surface area contributed by atoms with E-state index in [2.05, 4.69) is 10.3 Å². The lowest BCUT2D eigenvalue weighted by atomic mass is 10.1. The van der Waals surface area contributed by atoms with Crippen molar-refractivity contribution in [3.8, 4) is 0 Å². The predicted octanol–water partition coefficient (Wildman–Crippen LogP) is 0.990. The summed E-state index contributed by atoms with van der Waals surface area (Å²) in [6.07, 6.45) is 1.72. The lowest BCUT2D eigenvalue weighted by Crippen LogP contribution is -2.43. The van der Waals surface area contributed by atoms with Crippen LogP contribution in [-0.4, -0.2) is 16.9 Å². The van der Waals surface area contributed by atoms with Crippen LogP contribution in [0.2, 0.25) is 0 Å². The molecule has 0 unspecified atom stereocenters. The van der Waals surface area contributed by atoms with Crippen molar-refractivity contribution in [3.63, 3.8) is 0 Å². The van der Waals surface area contributed by atoms with Gasteiger partial charge in [0.15, 0.2) is 0 Å². The second-order valence-corrected chi connectivity index (χ2v) is 4.25. The Morgan fingerprint density at radius 1 is 1.56 bits per heavy atom. The highest BCUT2D eigenvalue weighted by molar-refractivity contribution is 5.81. The molecular weight excluding hydrogens is 202 g/mol. The number of nitrogens with two attached hydrogens (primary N) is 1. The molecule has 4 heteroatoms. The molecule has 1 amide bonds. The molecule has 0 aliphatic carbocycles. The summed E-state index contributed by atoms with van der Waals surface area (Å²) in [5.41, 5.74) is 7.68. The average Bonchev–Trinajstić information content (AvgIpc) is 2.26. The van der Waals surface area contributed by atoms with Crippen LogP contribution in [0, 0.1) is 12.8 Å². The summed E-state index contributed by atoms with van der Waals surface area (Å²) in [5.74, 6) is 0.0184. The van der Waals surface area contributed by atoms with Crippen molar-refractivity contribution in [1.29, 1.82) is 0 Å². The van der Waals surface area contributed by atoms with Gasteiger partial charge in [0.2, 0.25) is 5.91 Å². The minimum Gasteiger partial charge on any atom is -0.349 e. The summed E-state index contributed by atoms with van der Waals surface area (Å²) in [7, 11) is 0. The van der Waals surface area contributed by atoms with Gasteiger partial charge >= 0.3 is 0 Å². The summed E-state index contributed by atoms with van der Waals surface area (Å²) in [5, 5.41) is 2.79. The number of amides is 1. The zero-order valence-electron chi connectivity index (χ0n) is 10.0. The summed E-state index contributed by atoms with van der Waals surface area (Å²) < 4.78 is 0. The molecule has 0 aromatic carbocycles. The van der Waals surface area contributed by atoms with Gasteiger partial charge in [0.05, 0.1) is 18.3 Å². The molecule has 88 valence electrons. The van der Waals surface area contributed by atoms with E-state index in [1.54, 1.807) is 6.20 Å². The van der Waals surface area contributed by atoms with Crippen LogP contribution >= 0.6 is 0 Å². The van der Waals surface area contributed by atoms with Crippen LogP contribution in [0.15, 0.2) is 18.3 Å². The maximum atomic E-state index is 11.6. The molecule has 1 heterocycles. The van der Waals surface area contributed by atoms with E-state index in [0.29, 0.717) is 6.54 Å². The highest BCUT2D eigenvalue weighted by atomic mass is 16.2. The number of carbonyl (C=O) groups excluding carboxylic acids is 1. The molecule has 1 atom stereocenters. The van der Waals surface area contributed by atoms with Gasteiger partial charge in [-0.2, -0.15) is 0 Å². The number of hydrogen-bond acceptors (Lipinski definition) is 3. The standard InChI is InChI=1S/C12H19N3O/c1-8(2)11(13)12(16)15-7-10-9(3)5-4-6-14-10/h4-6,8,11H,7,13H2,1-3H3,(H,15,16)/t11-/m0/s1. The lowest BCUT2D eigenvalue weighted by molar-refractivity contribution is -0.123. The Labute approximate surface area is 96.3 Å². The molecule has 1 aromatic rings. The van der Waals surface area contributed by atoms with Crippen LogP contribution in [0.4, 0.5) is 0 Å². The van der Waals surface area contributed by atoms with Crippen LogP contribution in [0.5, 0.6) is 0 Å². The summed E-state index contributed by atoms with van der Waals surface area (Å²) in [6, 6.07) is 3.39. The van der Waals surface area contributed by atoms with Crippen molar-refractivity contribution in [2.24, 2.45) is 11.7 Å². The number of hydrogen-bond donors (Lipinski definition) is 2. The fourth-order valence-corrected chi connectivity index (χ4v) is 1.29. The second-order valence-electron chi connectivity index (χ2n) is 4.25. The first-order valence-corrected chi connectivity index (χ1v) is 5.46. The van der Waals surface area contributed by atoms with Gasteiger partial charge < -0.3 is 11.1 Å². The molecular formula is C12H19N3O. The minimum atomic E-state index is -0.455. The smallest absolute Gasteiger partial charge is 0.237 e. The van der Waals surface area contributed by atoms with Gasteiger partial charge in [0, 0.05) is 6.20 Å². The van der Waals surface area contributed by atoms with Crippen LogP contribution in [0.3, 0.4) is 0 Å². The lowest BCUT2D eigenvalue weighted by Gasteiger charge is -2.15. The first kappa shape index (κ1) is 12.6. The Hall–Kier alpha value is -1.42. The van der Waals surface area contributed by atoms with Gasteiger partial charge in [0.25, 0.3) is 0 Å². The summed E-state index contributed by atoms with van der Waals surface area (Å²) in [6.45, 7) is 6.26. The Morgan fingerprint density at radius 3 is 2.81 bits per heavy atom. The minimum absolute atomic E-state index is 0.125. The van der Waals surface area contributed by atoms with Crippen LogP contribution in [0.1, 0.15) is 25.1 Å². The van der Waals surface area contributed by atoms with E-state index >= 15 is 0 Å². The number of aryl methyl sites for hydroxylation is 1. The van der Waals surface area contributed by atoms with Gasteiger partial charge in [0.1, 0.15) is 0 Å². The molecule has 0 fully saturated rings. The first-order valence-electron chi connectivity index (χ1n) is 5.46. The van der Waals surface area contributed by atoms with E-state index in [1.165, 1.54) is 0 Å². The Morgan fingerprint density at radius 2 is 2.25 bits per heavy atom. The Bertz CT molecular complexity index is 363. The molecule has 0 saturated carbocycles. The van der Waals surface area contributed by atoms with E-state index < -0.39 is 6.04 Å². The number of nitrogens with one attached hydrogen (secondary N) is 1. The highest BCUT2D eigenvalue weighted by Crippen LogP contribution is 2.03. The van der Waals surface area contributed by atoms with Gasteiger partial charge in [-0.25, -0.2) is 0 Å². The van der Waals surface area contributed by atoms with Crippen molar-refractivity contribution < 1.29 is 4.79 Å². The third-order valence-electron chi connectivity index (χ3n) is 2.57. The Balaban J connectivity index is 2.52. The number of aromatic nitrogens is 1. The Kier molecular flexibility index (Phi) is 4.43. The fourth-order valence-electron chi connectivity index (χ4n) is 1.29. The summed E-state index contributed by atoms with van der Waals surface area (Å²) in [4.78, 5) is 15.8. The molecule has 4 nitrogen and oxygen atoms in total. The average molecular weight is 221 g/mol. The third kappa shape index (κ3) is 3.31. The maximum Gasteiger partial charge on any atom is 0.237 e. The fraction of sp³-hybridized carbons (Fsp3) is 0.500. The molecule has 0 aliphatic rings.